The number of thiophene rings is 1. The van der Waals surface area contributed by atoms with Crippen LogP contribution in [0.25, 0.3) is 43.1 Å². The van der Waals surface area contributed by atoms with Crippen LogP contribution in [0.3, 0.4) is 0 Å². The second-order valence-corrected chi connectivity index (χ2v) is 23.9. The zero-order valence-electron chi connectivity index (χ0n) is 49.6. The number of carbonyl (C=O) groups is 3. The molecule has 0 amide bonds. The Bertz CT molecular complexity index is 3810. The van der Waals surface area contributed by atoms with Crippen LogP contribution in [0.15, 0.2) is 187 Å². The Hall–Kier alpha value is -7.58. The van der Waals surface area contributed by atoms with Crippen molar-refractivity contribution < 1.29 is 28.6 Å². The van der Waals surface area contributed by atoms with Crippen LogP contribution < -0.4 is 0 Å². The number of benzene rings is 9. The topological polar surface area (TPSA) is 78.9 Å². The number of esters is 3. The summed E-state index contributed by atoms with van der Waals surface area (Å²) in [6.45, 7) is 24.8. The number of carbonyl (C=O) groups excluding carboxylic acids is 3. The van der Waals surface area contributed by atoms with E-state index >= 15 is 0 Å². The minimum Gasteiger partial charge on any atom is -0.454 e. The van der Waals surface area contributed by atoms with Gasteiger partial charge in [-0.3, -0.25) is 0 Å². The van der Waals surface area contributed by atoms with Crippen LogP contribution in [0.4, 0.5) is 0 Å². The molecule has 0 saturated carbocycles. The minimum absolute atomic E-state index is 0.206. The lowest BCUT2D eigenvalue weighted by Gasteiger charge is -2.27. The molecule has 10 rings (SSSR count). The molecule has 6 nitrogen and oxygen atoms in total. The Labute approximate surface area is 494 Å². The quantitative estimate of drug-likeness (QED) is 0.0578. The monoisotopic (exact) mass is 1130 g/mol. The summed E-state index contributed by atoms with van der Waals surface area (Å²) in [5.41, 5.74) is 7.91. The summed E-state index contributed by atoms with van der Waals surface area (Å²) in [4.78, 5) is 37.8. The van der Waals surface area contributed by atoms with Crippen LogP contribution in [0, 0.1) is 6.92 Å². The predicted molar refractivity (Wildman–Crippen MR) is 343 cm³/mol. The van der Waals surface area contributed by atoms with Gasteiger partial charge >= 0.3 is 17.9 Å². The van der Waals surface area contributed by atoms with E-state index in [1.807, 2.05) is 149 Å². The summed E-state index contributed by atoms with van der Waals surface area (Å²) in [5.74, 6) is 0.558. The van der Waals surface area contributed by atoms with Gasteiger partial charge in [-0.25, -0.2) is 14.4 Å². The normalized spacial score (nSPS) is 13.0. The first kappa shape index (κ1) is 60.5. The first-order valence-electron chi connectivity index (χ1n) is 28.7. The molecule has 0 saturated heterocycles. The van der Waals surface area contributed by atoms with Gasteiger partial charge in [0.15, 0.2) is 0 Å². The minimum atomic E-state index is -0.872. The Kier molecular flexibility index (Phi) is 19.6. The number of aryl methyl sites for hydroxylation is 1. The fourth-order valence-corrected chi connectivity index (χ4v) is 11.3. The Morgan fingerprint density at radius 3 is 1.44 bits per heavy atom. The Balaban J connectivity index is 0.000000165. The fraction of sp³-hybridized carbons (Fsp3) is 0.284. The first-order chi connectivity index (χ1) is 39.2. The molecule has 82 heavy (non-hydrogen) atoms. The van der Waals surface area contributed by atoms with Crippen molar-refractivity contribution in [2.24, 2.45) is 0 Å². The van der Waals surface area contributed by atoms with Gasteiger partial charge in [0.2, 0.25) is 0 Å². The molecule has 4 unspecified atom stereocenters. The maximum Gasteiger partial charge on any atom is 0.338 e. The van der Waals surface area contributed by atoms with Crippen LogP contribution in [0.2, 0.25) is 5.02 Å². The second kappa shape index (κ2) is 26.6. The van der Waals surface area contributed by atoms with Crippen LogP contribution in [0.1, 0.15) is 189 Å². The second-order valence-electron chi connectivity index (χ2n) is 22.7. The van der Waals surface area contributed by atoms with Crippen LogP contribution in [-0.4, -0.2) is 17.9 Å². The summed E-state index contributed by atoms with van der Waals surface area (Å²) >= 11 is 8.31. The van der Waals surface area contributed by atoms with Gasteiger partial charge in [0.05, 0.1) is 16.7 Å². The third-order valence-corrected chi connectivity index (χ3v) is 17.2. The van der Waals surface area contributed by atoms with E-state index in [0.717, 1.165) is 52.1 Å². The first-order valence-corrected chi connectivity index (χ1v) is 30.1. The number of halogens is 1. The summed E-state index contributed by atoms with van der Waals surface area (Å²) in [7, 11) is 0. The van der Waals surface area contributed by atoms with Gasteiger partial charge in [0, 0.05) is 16.1 Å². The van der Waals surface area contributed by atoms with E-state index in [9.17, 15) is 14.4 Å². The van der Waals surface area contributed by atoms with E-state index in [4.69, 9.17) is 25.8 Å². The largest absolute Gasteiger partial charge is 0.454 e. The summed E-state index contributed by atoms with van der Waals surface area (Å²) in [6, 6.07) is 58.7. The lowest BCUT2D eigenvalue weighted by Crippen LogP contribution is -2.26. The van der Waals surface area contributed by atoms with Crippen molar-refractivity contribution in [3.8, 4) is 0 Å². The maximum atomic E-state index is 12.9. The molecular weight excluding hydrogens is 1050 g/mol. The Morgan fingerprint density at radius 2 is 0.927 bits per heavy atom. The van der Waals surface area contributed by atoms with Gasteiger partial charge in [-0.1, -0.05) is 168 Å². The van der Waals surface area contributed by atoms with Gasteiger partial charge in [0.1, 0.15) is 17.3 Å². The van der Waals surface area contributed by atoms with Crippen LogP contribution in [-0.2, 0) is 25.4 Å². The molecule has 0 spiro atoms. The highest BCUT2D eigenvalue weighted by molar-refractivity contribution is 7.08. The van der Waals surface area contributed by atoms with E-state index in [-0.39, 0.29) is 24.0 Å². The molecule has 10 aromatic rings. The van der Waals surface area contributed by atoms with E-state index in [1.165, 1.54) is 49.2 Å². The van der Waals surface area contributed by atoms with Crippen LogP contribution in [0.5, 0.6) is 0 Å². The molecule has 0 fully saturated rings. The van der Waals surface area contributed by atoms with Gasteiger partial charge < -0.3 is 14.2 Å². The molecule has 0 bridgehead atoms. The predicted octanol–water partition coefficient (Wildman–Crippen LogP) is 21.3. The molecule has 0 aliphatic carbocycles. The van der Waals surface area contributed by atoms with Crippen molar-refractivity contribution >= 4 is 83.9 Å². The average Bonchev–Trinajstić information content (AvgIpc) is 3.04. The molecule has 1 heterocycles. The standard InChI is InChI=1S/C29H30O2.C28H27ClO2.C17H20O2S/c1-6-19(2)21-11-13-22(14-12-21)28(30)31-29(4,5)24-15-16-26-25-10-8-7-9-23(25)17-20(3)27(26)18-24;1-5-18(2)19-10-13-21(14-11-19)27(30)31-28(3,4)25-16-22-15-12-20-8-6-7-9-23(20)24(22)17-26(25)29;1-4-12(2)14-5-7-15(8-6-14)17(18)19-13(3)16-9-10-20-11-16/h7-19H,6H2,1-5H3;6-18H,5H2,1-4H3;5-13H,4H2,1-3H3. The van der Waals surface area contributed by atoms with Crippen molar-refractivity contribution in [2.75, 3.05) is 0 Å². The fourth-order valence-electron chi connectivity index (χ4n) is 10.2. The third-order valence-electron chi connectivity index (χ3n) is 16.2. The molecule has 422 valence electrons. The number of hydrogen-bond acceptors (Lipinski definition) is 7. The SMILES string of the molecule is CCC(C)c1ccc(C(=O)OC(C)(C)c2cc3ccc4ccccc4c3cc2Cl)cc1.CCC(C)c1ccc(C(=O)OC(C)(C)c2ccc3c(c2)c(C)cc2ccccc23)cc1.CCC(C)c1ccc(C(=O)OC(C)c2ccsc2)cc1. The molecule has 0 N–H and O–H groups in total. The lowest BCUT2D eigenvalue weighted by atomic mass is 9.91. The van der Waals surface area contributed by atoms with Gasteiger partial charge in [0.25, 0.3) is 0 Å². The highest BCUT2D eigenvalue weighted by Crippen LogP contribution is 2.38. The highest BCUT2D eigenvalue weighted by Gasteiger charge is 2.30. The number of fused-ring (bicyclic) bond motifs is 6. The summed E-state index contributed by atoms with van der Waals surface area (Å²) in [6.07, 6.45) is 3.03. The summed E-state index contributed by atoms with van der Waals surface area (Å²) in [5, 5.41) is 14.0. The van der Waals surface area contributed by atoms with E-state index in [1.54, 1.807) is 11.3 Å². The van der Waals surface area contributed by atoms with Gasteiger partial charge in [-0.15, -0.1) is 0 Å². The van der Waals surface area contributed by atoms with Gasteiger partial charge in [-0.05, 0) is 221 Å². The van der Waals surface area contributed by atoms with E-state index in [2.05, 4.69) is 121 Å². The zero-order valence-corrected chi connectivity index (χ0v) is 51.1. The van der Waals surface area contributed by atoms with Crippen LogP contribution >= 0.6 is 22.9 Å². The van der Waals surface area contributed by atoms with Gasteiger partial charge in [-0.2, -0.15) is 11.3 Å². The lowest BCUT2D eigenvalue weighted by molar-refractivity contribution is -0.00412. The molecular formula is C74H77ClO6S. The molecule has 0 aliphatic heterocycles. The van der Waals surface area contributed by atoms with Crippen molar-refractivity contribution in [3.63, 3.8) is 0 Å². The third kappa shape index (κ3) is 14.2. The number of hydrogen-bond donors (Lipinski definition) is 0. The van der Waals surface area contributed by atoms with Crippen molar-refractivity contribution in [1.29, 1.82) is 0 Å². The molecule has 4 atom stereocenters. The van der Waals surface area contributed by atoms with Crippen molar-refractivity contribution in [2.45, 2.75) is 137 Å². The van der Waals surface area contributed by atoms with Crippen molar-refractivity contribution in [3.05, 3.63) is 247 Å². The van der Waals surface area contributed by atoms with E-state index in [0.29, 0.717) is 39.5 Å². The maximum absolute atomic E-state index is 12.9. The summed E-state index contributed by atoms with van der Waals surface area (Å²) < 4.78 is 17.4. The number of ether oxygens (including phenoxy) is 3. The zero-order chi connectivity index (χ0) is 58.9. The Morgan fingerprint density at radius 1 is 0.463 bits per heavy atom. The molecule has 8 heteroatoms. The smallest absolute Gasteiger partial charge is 0.338 e. The molecule has 1 aromatic heterocycles. The number of rotatable bonds is 15. The average molecular weight is 1130 g/mol. The highest BCUT2D eigenvalue weighted by atomic mass is 35.5. The van der Waals surface area contributed by atoms with Crippen molar-refractivity contribution in [1.82, 2.24) is 0 Å². The van der Waals surface area contributed by atoms with E-state index < -0.39 is 11.2 Å². The molecule has 9 aromatic carbocycles. The molecule has 0 radical (unpaired) electrons. The molecule has 0 aliphatic rings.